The lowest BCUT2D eigenvalue weighted by molar-refractivity contribution is -0.148. The fourth-order valence-electron chi connectivity index (χ4n) is 1.28. The molecule has 7 heteroatoms. The van der Waals surface area contributed by atoms with Crippen molar-refractivity contribution in [3.8, 4) is 0 Å². The van der Waals surface area contributed by atoms with E-state index in [1.807, 2.05) is 0 Å². The molecular formula is C12H21NO6. The number of hydrogen-bond donors (Lipinski definition) is 2. The lowest BCUT2D eigenvalue weighted by Crippen LogP contribution is -2.45. The van der Waals surface area contributed by atoms with E-state index in [4.69, 9.17) is 14.6 Å². The first-order valence-corrected chi connectivity index (χ1v) is 6.20. The van der Waals surface area contributed by atoms with E-state index in [9.17, 15) is 14.4 Å². The zero-order valence-corrected chi connectivity index (χ0v) is 11.5. The number of nitrogens with one attached hydrogen (secondary N) is 1. The third kappa shape index (κ3) is 8.01. The van der Waals surface area contributed by atoms with Crippen molar-refractivity contribution >= 4 is 18.0 Å². The number of rotatable bonds is 8. The quantitative estimate of drug-likeness (QED) is 0.509. The lowest BCUT2D eigenvalue weighted by atomic mass is 10.1. The molecule has 0 bridgehead atoms. The van der Waals surface area contributed by atoms with Crippen molar-refractivity contribution in [2.45, 2.75) is 39.7 Å². The SMILES string of the molecule is CCOC(=O)N[C@@H](C(=O)OCCCC(=O)O)C(C)C. The summed E-state index contributed by atoms with van der Waals surface area (Å²) >= 11 is 0. The maximum Gasteiger partial charge on any atom is 0.407 e. The van der Waals surface area contributed by atoms with Crippen LogP contribution in [0.1, 0.15) is 33.6 Å². The highest BCUT2D eigenvalue weighted by Crippen LogP contribution is 2.05. The summed E-state index contributed by atoms with van der Waals surface area (Å²) in [4.78, 5) is 33.3. The van der Waals surface area contributed by atoms with E-state index in [-0.39, 0.29) is 32.0 Å². The Bertz CT molecular complexity index is 315. The standard InChI is InChI=1S/C12H21NO6/c1-4-18-12(17)13-10(8(2)3)11(16)19-7-5-6-9(14)15/h8,10H,4-7H2,1-3H3,(H,13,17)(H,14,15)/t10-/m1/s1. The highest BCUT2D eigenvalue weighted by molar-refractivity contribution is 5.81. The van der Waals surface area contributed by atoms with Gasteiger partial charge in [0.2, 0.25) is 0 Å². The van der Waals surface area contributed by atoms with Gasteiger partial charge in [-0.3, -0.25) is 4.79 Å². The summed E-state index contributed by atoms with van der Waals surface area (Å²) in [7, 11) is 0. The Morgan fingerprint density at radius 2 is 1.84 bits per heavy atom. The molecule has 0 spiro atoms. The Labute approximate surface area is 112 Å². The maximum atomic E-state index is 11.7. The van der Waals surface area contributed by atoms with Crippen molar-refractivity contribution < 1.29 is 29.0 Å². The Hall–Kier alpha value is -1.79. The highest BCUT2D eigenvalue weighted by atomic mass is 16.6. The van der Waals surface area contributed by atoms with Crippen LogP contribution in [0, 0.1) is 5.92 Å². The average molecular weight is 275 g/mol. The number of carbonyl (C=O) groups is 3. The van der Waals surface area contributed by atoms with Crippen LogP contribution in [-0.2, 0) is 19.1 Å². The molecule has 19 heavy (non-hydrogen) atoms. The largest absolute Gasteiger partial charge is 0.481 e. The average Bonchev–Trinajstić information content (AvgIpc) is 2.31. The van der Waals surface area contributed by atoms with Gasteiger partial charge in [-0.15, -0.1) is 0 Å². The van der Waals surface area contributed by atoms with Gasteiger partial charge in [0.25, 0.3) is 0 Å². The first-order chi connectivity index (χ1) is 8.88. The first-order valence-electron chi connectivity index (χ1n) is 6.20. The van der Waals surface area contributed by atoms with Gasteiger partial charge in [-0.2, -0.15) is 0 Å². The van der Waals surface area contributed by atoms with Gasteiger partial charge >= 0.3 is 18.0 Å². The van der Waals surface area contributed by atoms with Crippen LogP contribution in [0.5, 0.6) is 0 Å². The minimum absolute atomic E-state index is 0.0128. The summed E-state index contributed by atoms with van der Waals surface area (Å²) < 4.78 is 9.62. The smallest absolute Gasteiger partial charge is 0.407 e. The molecule has 0 saturated carbocycles. The van der Waals surface area contributed by atoms with Crippen LogP contribution in [0.2, 0.25) is 0 Å². The molecule has 0 radical (unpaired) electrons. The number of carboxylic acid groups (broad SMARTS) is 1. The molecule has 0 rings (SSSR count). The van der Waals surface area contributed by atoms with Gasteiger partial charge in [0.15, 0.2) is 0 Å². The second kappa shape index (κ2) is 9.18. The van der Waals surface area contributed by atoms with Crippen molar-refractivity contribution in [3.63, 3.8) is 0 Å². The number of ether oxygens (including phenoxy) is 2. The number of amides is 1. The third-order valence-electron chi connectivity index (χ3n) is 2.25. The van der Waals surface area contributed by atoms with E-state index in [1.54, 1.807) is 20.8 Å². The molecule has 0 aliphatic heterocycles. The Morgan fingerprint density at radius 3 is 2.32 bits per heavy atom. The minimum atomic E-state index is -0.943. The monoisotopic (exact) mass is 275 g/mol. The van der Waals surface area contributed by atoms with Crippen molar-refractivity contribution in [2.24, 2.45) is 5.92 Å². The number of carboxylic acids is 1. The summed E-state index contributed by atoms with van der Waals surface area (Å²) in [6.07, 6.45) is -0.500. The Balaban J connectivity index is 4.18. The van der Waals surface area contributed by atoms with Crippen LogP contribution in [0.25, 0.3) is 0 Å². The topological polar surface area (TPSA) is 102 Å². The van der Waals surface area contributed by atoms with E-state index in [1.165, 1.54) is 0 Å². The summed E-state index contributed by atoms with van der Waals surface area (Å²) in [6, 6.07) is -0.802. The molecule has 0 aromatic rings. The van der Waals surface area contributed by atoms with Crippen LogP contribution in [-0.4, -0.2) is 42.4 Å². The van der Waals surface area contributed by atoms with Gasteiger partial charge in [-0.1, -0.05) is 13.8 Å². The van der Waals surface area contributed by atoms with Crippen molar-refractivity contribution in [2.75, 3.05) is 13.2 Å². The zero-order valence-electron chi connectivity index (χ0n) is 11.5. The molecule has 0 saturated heterocycles. The molecule has 0 aliphatic rings. The second-order valence-corrected chi connectivity index (χ2v) is 4.25. The normalized spacial score (nSPS) is 11.8. The van der Waals surface area contributed by atoms with Gasteiger partial charge < -0.3 is 19.9 Å². The molecule has 0 aromatic heterocycles. The third-order valence-corrected chi connectivity index (χ3v) is 2.25. The molecule has 0 unspecified atom stereocenters. The van der Waals surface area contributed by atoms with Gasteiger partial charge in [0.1, 0.15) is 6.04 Å². The minimum Gasteiger partial charge on any atom is -0.481 e. The van der Waals surface area contributed by atoms with Gasteiger partial charge in [-0.25, -0.2) is 9.59 Å². The lowest BCUT2D eigenvalue weighted by Gasteiger charge is -2.20. The van der Waals surface area contributed by atoms with Crippen LogP contribution in [0.3, 0.4) is 0 Å². The molecule has 110 valence electrons. The molecule has 0 aromatic carbocycles. The number of alkyl carbamates (subject to hydrolysis) is 1. The summed E-state index contributed by atoms with van der Waals surface area (Å²) in [5.74, 6) is -1.69. The van der Waals surface area contributed by atoms with Crippen LogP contribution in [0.4, 0.5) is 4.79 Å². The van der Waals surface area contributed by atoms with Gasteiger partial charge in [0, 0.05) is 6.42 Å². The van der Waals surface area contributed by atoms with Crippen molar-refractivity contribution in [1.29, 1.82) is 0 Å². The van der Waals surface area contributed by atoms with E-state index >= 15 is 0 Å². The van der Waals surface area contributed by atoms with Crippen molar-refractivity contribution in [1.82, 2.24) is 5.32 Å². The Morgan fingerprint density at radius 1 is 1.21 bits per heavy atom. The fraction of sp³-hybridized carbons (Fsp3) is 0.750. The zero-order chi connectivity index (χ0) is 14.8. The van der Waals surface area contributed by atoms with E-state index in [2.05, 4.69) is 5.32 Å². The summed E-state index contributed by atoms with van der Waals surface area (Å²) in [6.45, 7) is 5.40. The predicted molar refractivity (Wildman–Crippen MR) is 66.6 cm³/mol. The van der Waals surface area contributed by atoms with Crippen molar-refractivity contribution in [3.05, 3.63) is 0 Å². The molecule has 2 N–H and O–H groups in total. The highest BCUT2D eigenvalue weighted by Gasteiger charge is 2.26. The molecule has 1 amide bonds. The second-order valence-electron chi connectivity index (χ2n) is 4.25. The number of esters is 1. The van der Waals surface area contributed by atoms with Crippen LogP contribution in [0.15, 0.2) is 0 Å². The number of carbonyl (C=O) groups excluding carboxylic acids is 2. The van der Waals surface area contributed by atoms with E-state index < -0.39 is 24.1 Å². The van der Waals surface area contributed by atoms with Crippen LogP contribution < -0.4 is 5.32 Å². The molecule has 7 nitrogen and oxygen atoms in total. The fourth-order valence-corrected chi connectivity index (χ4v) is 1.28. The predicted octanol–water partition coefficient (Wildman–Crippen LogP) is 1.17. The molecule has 0 aliphatic carbocycles. The van der Waals surface area contributed by atoms with Crippen LogP contribution >= 0.6 is 0 Å². The number of hydrogen-bond acceptors (Lipinski definition) is 5. The van der Waals surface area contributed by atoms with E-state index in [0.717, 1.165) is 0 Å². The number of aliphatic carboxylic acids is 1. The molecule has 0 fully saturated rings. The first kappa shape index (κ1) is 17.2. The van der Waals surface area contributed by atoms with E-state index in [0.29, 0.717) is 0 Å². The molecular weight excluding hydrogens is 254 g/mol. The van der Waals surface area contributed by atoms with Gasteiger partial charge in [-0.05, 0) is 19.3 Å². The van der Waals surface area contributed by atoms with Gasteiger partial charge in [0.05, 0.1) is 13.2 Å². The summed E-state index contributed by atoms with van der Waals surface area (Å²) in [5.41, 5.74) is 0. The molecule has 1 atom stereocenters. The molecule has 0 heterocycles. The Kier molecular flexibility index (Phi) is 8.32. The maximum absolute atomic E-state index is 11.7. The summed E-state index contributed by atoms with van der Waals surface area (Å²) in [5, 5.41) is 10.9.